The third-order valence-electron chi connectivity index (χ3n) is 4.07. The molecule has 0 aromatic heterocycles. The minimum atomic E-state index is 0.101. The highest BCUT2D eigenvalue weighted by Gasteiger charge is 2.20. The number of hydrogen-bond acceptors (Lipinski definition) is 2. The van der Waals surface area contributed by atoms with Crippen LogP contribution >= 0.6 is 11.6 Å². The molecule has 1 aliphatic rings. The van der Waals surface area contributed by atoms with Crippen LogP contribution in [-0.4, -0.2) is 49.6 Å². The molecule has 1 heterocycles. The fourth-order valence-corrected chi connectivity index (χ4v) is 3.57. The molecule has 3 heteroatoms. The first kappa shape index (κ1) is 14.8. The van der Waals surface area contributed by atoms with Crippen LogP contribution in [0.2, 0.25) is 0 Å². The molecule has 0 aliphatic carbocycles. The number of halogens is 1. The fourth-order valence-electron chi connectivity index (χ4n) is 3.03. The molecule has 1 saturated heterocycles. The zero-order valence-electron chi connectivity index (χ0n) is 12.5. The molecule has 1 aromatic rings. The van der Waals surface area contributed by atoms with Crippen molar-refractivity contribution in [3.8, 4) is 0 Å². The van der Waals surface area contributed by atoms with Crippen molar-refractivity contribution in [3.05, 3.63) is 34.4 Å². The molecule has 1 fully saturated rings. The van der Waals surface area contributed by atoms with Gasteiger partial charge in [0.1, 0.15) is 0 Å². The standard InChI is InChI=1S/C16H25ClN2/c1-12-9-13(2)16(14(3)10-12)15(17)11-19-7-5-18(4)6-8-19/h9-10,15H,5-8,11H2,1-4H3. The molecule has 0 radical (unpaired) electrons. The van der Waals surface area contributed by atoms with Crippen molar-refractivity contribution in [1.82, 2.24) is 9.80 Å². The minimum absolute atomic E-state index is 0.101. The van der Waals surface area contributed by atoms with Gasteiger partial charge in [-0.25, -0.2) is 0 Å². The van der Waals surface area contributed by atoms with Crippen molar-refractivity contribution in [1.29, 1.82) is 0 Å². The van der Waals surface area contributed by atoms with Gasteiger partial charge < -0.3 is 4.90 Å². The lowest BCUT2D eigenvalue weighted by Gasteiger charge is -2.34. The minimum Gasteiger partial charge on any atom is -0.304 e. The summed E-state index contributed by atoms with van der Waals surface area (Å²) in [4.78, 5) is 4.86. The maximum Gasteiger partial charge on any atom is 0.0717 e. The van der Waals surface area contributed by atoms with Gasteiger partial charge in [-0.1, -0.05) is 17.7 Å². The molecule has 19 heavy (non-hydrogen) atoms. The summed E-state index contributed by atoms with van der Waals surface area (Å²) in [5, 5.41) is 0.101. The first-order chi connectivity index (χ1) is 8.97. The Balaban J connectivity index is 2.06. The second kappa shape index (κ2) is 6.25. The van der Waals surface area contributed by atoms with E-state index >= 15 is 0 Å². The number of piperazine rings is 1. The number of likely N-dealkylation sites (N-methyl/N-ethyl adjacent to an activating group) is 1. The number of alkyl halides is 1. The molecule has 1 aromatic carbocycles. The maximum absolute atomic E-state index is 6.68. The molecule has 0 spiro atoms. The smallest absolute Gasteiger partial charge is 0.0717 e. The molecule has 1 unspecified atom stereocenters. The van der Waals surface area contributed by atoms with Gasteiger partial charge >= 0.3 is 0 Å². The fraction of sp³-hybridized carbons (Fsp3) is 0.625. The van der Waals surface area contributed by atoms with E-state index in [9.17, 15) is 0 Å². The van der Waals surface area contributed by atoms with Gasteiger partial charge in [0.15, 0.2) is 0 Å². The summed E-state index contributed by atoms with van der Waals surface area (Å²) in [6.45, 7) is 12.0. The Morgan fingerprint density at radius 3 is 2.11 bits per heavy atom. The van der Waals surface area contributed by atoms with E-state index in [1.54, 1.807) is 0 Å². The first-order valence-corrected chi connectivity index (χ1v) is 7.53. The van der Waals surface area contributed by atoms with E-state index in [1.807, 2.05) is 0 Å². The van der Waals surface area contributed by atoms with Crippen LogP contribution in [0.25, 0.3) is 0 Å². The molecular weight excluding hydrogens is 256 g/mol. The van der Waals surface area contributed by atoms with Crippen LogP contribution in [0.5, 0.6) is 0 Å². The average molecular weight is 281 g/mol. The quantitative estimate of drug-likeness (QED) is 0.785. The molecule has 1 atom stereocenters. The van der Waals surface area contributed by atoms with Crippen LogP contribution in [0.15, 0.2) is 12.1 Å². The van der Waals surface area contributed by atoms with Gasteiger partial charge in [-0.3, -0.25) is 4.90 Å². The normalized spacial score (nSPS) is 19.6. The van der Waals surface area contributed by atoms with Crippen LogP contribution in [0, 0.1) is 20.8 Å². The predicted octanol–water partition coefficient (Wildman–Crippen LogP) is 3.14. The Labute approximate surface area is 122 Å². The monoisotopic (exact) mass is 280 g/mol. The van der Waals surface area contributed by atoms with Crippen molar-refractivity contribution in [3.63, 3.8) is 0 Å². The van der Waals surface area contributed by atoms with Crippen molar-refractivity contribution < 1.29 is 0 Å². The van der Waals surface area contributed by atoms with Gasteiger partial charge in [0.25, 0.3) is 0 Å². The molecule has 106 valence electrons. The largest absolute Gasteiger partial charge is 0.304 e. The van der Waals surface area contributed by atoms with Gasteiger partial charge in [-0.05, 0) is 44.5 Å². The Kier molecular flexibility index (Phi) is 4.88. The molecule has 0 N–H and O–H groups in total. The Hall–Kier alpha value is -0.570. The van der Waals surface area contributed by atoms with Gasteiger partial charge in [0, 0.05) is 32.7 Å². The second-order valence-electron chi connectivity index (χ2n) is 5.88. The molecule has 1 aliphatic heterocycles. The lowest BCUT2D eigenvalue weighted by molar-refractivity contribution is 0.154. The highest BCUT2D eigenvalue weighted by Crippen LogP contribution is 2.29. The number of hydrogen-bond donors (Lipinski definition) is 0. The number of benzene rings is 1. The summed E-state index contributed by atoms with van der Waals surface area (Å²) < 4.78 is 0. The van der Waals surface area contributed by atoms with Gasteiger partial charge in [-0.2, -0.15) is 0 Å². The number of rotatable bonds is 3. The SMILES string of the molecule is Cc1cc(C)c(C(Cl)CN2CCN(C)CC2)c(C)c1. The van der Waals surface area contributed by atoms with Crippen molar-refractivity contribution in [2.75, 3.05) is 39.8 Å². The highest BCUT2D eigenvalue weighted by molar-refractivity contribution is 6.21. The van der Waals surface area contributed by atoms with E-state index in [-0.39, 0.29) is 5.38 Å². The third kappa shape index (κ3) is 3.71. The summed E-state index contributed by atoms with van der Waals surface area (Å²) >= 11 is 6.68. The van der Waals surface area contributed by atoms with Crippen LogP contribution in [0.1, 0.15) is 27.6 Å². The summed E-state index contributed by atoms with van der Waals surface area (Å²) in [5.41, 5.74) is 5.30. The van der Waals surface area contributed by atoms with Crippen molar-refractivity contribution >= 4 is 11.6 Å². The predicted molar refractivity (Wildman–Crippen MR) is 83.2 cm³/mol. The zero-order chi connectivity index (χ0) is 14.0. The molecule has 2 rings (SSSR count). The topological polar surface area (TPSA) is 6.48 Å². The molecule has 0 saturated carbocycles. The number of nitrogens with zero attached hydrogens (tertiary/aromatic N) is 2. The van der Waals surface area contributed by atoms with Crippen LogP contribution in [0.3, 0.4) is 0 Å². The average Bonchev–Trinajstić information content (AvgIpc) is 2.30. The van der Waals surface area contributed by atoms with Crippen LogP contribution in [-0.2, 0) is 0 Å². The molecular formula is C16H25ClN2. The van der Waals surface area contributed by atoms with E-state index < -0.39 is 0 Å². The highest BCUT2D eigenvalue weighted by atomic mass is 35.5. The summed E-state index contributed by atoms with van der Waals surface area (Å²) in [6, 6.07) is 4.48. The summed E-state index contributed by atoms with van der Waals surface area (Å²) in [7, 11) is 2.18. The molecule has 0 bridgehead atoms. The lowest BCUT2D eigenvalue weighted by Crippen LogP contribution is -2.45. The van der Waals surface area contributed by atoms with E-state index in [4.69, 9.17) is 11.6 Å². The Morgan fingerprint density at radius 1 is 1.05 bits per heavy atom. The Morgan fingerprint density at radius 2 is 1.58 bits per heavy atom. The summed E-state index contributed by atoms with van der Waals surface area (Å²) in [5.74, 6) is 0. The van der Waals surface area contributed by atoms with Crippen molar-refractivity contribution in [2.45, 2.75) is 26.1 Å². The maximum atomic E-state index is 6.68. The molecule has 0 amide bonds. The van der Waals surface area contributed by atoms with E-state index in [0.717, 1.165) is 32.7 Å². The number of aryl methyl sites for hydroxylation is 3. The zero-order valence-corrected chi connectivity index (χ0v) is 13.3. The van der Waals surface area contributed by atoms with E-state index in [1.165, 1.54) is 22.3 Å². The van der Waals surface area contributed by atoms with Gasteiger partial charge in [-0.15, -0.1) is 11.6 Å². The Bertz CT molecular complexity index is 413. The first-order valence-electron chi connectivity index (χ1n) is 7.10. The summed E-state index contributed by atoms with van der Waals surface area (Å²) in [6.07, 6.45) is 0. The third-order valence-corrected chi connectivity index (χ3v) is 4.42. The van der Waals surface area contributed by atoms with Gasteiger partial charge in [0.2, 0.25) is 0 Å². The lowest BCUT2D eigenvalue weighted by atomic mass is 9.97. The van der Waals surface area contributed by atoms with Crippen LogP contribution < -0.4 is 0 Å². The van der Waals surface area contributed by atoms with Crippen molar-refractivity contribution in [2.24, 2.45) is 0 Å². The van der Waals surface area contributed by atoms with Crippen LogP contribution in [0.4, 0.5) is 0 Å². The molecule has 2 nitrogen and oxygen atoms in total. The second-order valence-corrected chi connectivity index (χ2v) is 6.41. The van der Waals surface area contributed by atoms with E-state index in [0.29, 0.717) is 0 Å². The van der Waals surface area contributed by atoms with Gasteiger partial charge in [0.05, 0.1) is 5.38 Å². The van der Waals surface area contributed by atoms with E-state index in [2.05, 4.69) is 49.8 Å².